The van der Waals surface area contributed by atoms with Crippen LogP contribution in [0.3, 0.4) is 0 Å². The molecule has 2 aromatic rings. The van der Waals surface area contributed by atoms with Gasteiger partial charge in [-0.1, -0.05) is 18.2 Å². The van der Waals surface area contributed by atoms with E-state index in [0.717, 1.165) is 12.2 Å². The molecule has 0 bridgehead atoms. The van der Waals surface area contributed by atoms with Crippen LogP contribution in [0, 0.1) is 5.92 Å². The van der Waals surface area contributed by atoms with E-state index in [0.29, 0.717) is 50.6 Å². The predicted octanol–water partition coefficient (Wildman–Crippen LogP) is 4.67. The Kier molecular flexibility index (Phi) is 10.3. The van der Waals surface area contributed by atoms with Crippen LogP contribution in [0.5, 0.6) is 11.5 Å². The first-order valence-corrected chi connectivity index (χ1v) is 10.4. The molecule has 6 heteroatoms. The minimum atomic E-state index is -0.357. The molecule has 0 radical (unpaired) electrons. The maximum Gasteiger partial charge on any atom is 0.338 e. The molecule has 0 heterocycles. The number of carbonyl (C=O) groups is 2. The molecular formula is C24H30O6. The van der Waals surface area contributed by atoms with Crippen LogP contribution in [0.15, 0.2) is 54.6 Å². The van der Waals surface area contributed by atoms with Gasteiger partial charge in [-0.25, -0.2) is 4.79 Å². The van der Waals surface area contributed by atoms with E-state index in [9.17, 15) is 9.59 Å². The molecule has 0 aliphatic carbocycles. The lowest BCUT2D eigenvalue weighted by molar-refractivity contribution is -0.148. The maximum absolute atomic E-state index is 12.3. The molecule has 0 aromatic heterocycles. The van der Waals surface area contributed by atoms with Crippen LogP contribution in [0.1, 0.15) is 43.5 Å². The molecule has 2 aromatic carbocycles. The average Bonchev–Trinajstić information content (AvgIpc) is 2.77. The summed E-state index contributed by atoms with van der Waals surface area (Å²) in [6.07, 6.45) is 1.95. The van der Waals surface area contributed by atoms with Crippen LogP contribution in [0.25, 0.3) is 0 Å². The molecule has 2 rings (SSSR count). The van der Waals surface area contributed by atoms with Crippen molar-refractivity contribution in [3.8, 4) is 11.5 Å². The Morgan fingerprint density at radius 2 is 1.40 bits per heavy atom. The van der Waals surface area contributed by atoms with Crippen LogP contribution >= 0.6 is 0 Å². The largest absolute Gasteiger partial charge is 0.494 e. The van der Waals surface area contributed by atoms with Crippen molar-refractivity contribution in [3.05, 3.63) is 60.2 Å². The lowest BCUT2D eigenvalue weighted by Crippen LogP contribution is -2.21. The second-order valence-electron chi connectivity index (χ2n) is 6.63. The van der Waals surface area contributed by atoms with Crippen molar-refractivity contribution in [2.45, 2.75) is 33.1 Å². The molecule has 0 N–H and O–H groups in total. The van der Waals surface area contributed by atoms with Gasteiger partial charge in [-0.3, -0.25) is 4.79 Å². The van der Waals surface area contributed by atoms with E-state index < -0.39 is 0 Å². The number of hydrogen-bond acceptors (Lipinski definition) is 6. The highest BCUT2D eigenvalue weighted by Gasteiger charge is 2.19. The van der Waals surface area contributed by atoms with Gasteiger partial charge in [0, 0.05) is 0 Å². The van der Waals surface area contributed by atoms with Gasteiger partial charge in [0.2, 0.25) is 0 Å². The van der Waals surface area contributed by atoms with Crippen LogP contribution < -0.4 is 9.47 Å². The SMILES string of the molecule is CCOC(=O)c1ccc(OCCC(CCCOc2ccccc2)C(=O)OCC)cc1. The van der Waals surface area contributed by atoms with E-state index >= 15 is 0 Å². The Bertz CT molecular complexity index is 757. The van der Waals surface area contributed by atoms with Crippen molar-refractivity contribution in [1.82, 2.24) is 0 Å². The van der Waals surface area contributed by atoms with E-state index in [-0.39, 0.29) is 17.9 Å². The van der Waals surface area contributed by atoms with Crippen molar-refractivity contribution in [3.63, 3.8) is 0 Å². The highest BCUT2D eigenvalue weighted by Crippen LogP contribution is 2.18. The van der Waals surface area contributed by atoms with E-state index in [1.54, 1.807) is 38.1 Å². The van der Waals surface area contributed by atoms with Gasteiger partial charge in [-0.2, -0.15) is 0 Å². The highest BCUT2D eigenvalue weighted by atomic mass is 16.5. The van der Waals surface area contributed by atoms with Gasteiger partial charge >= 0.3 is 11.9 Å². The van der Waals surface area contributed by atoms with Crippen molar-refractivity contribution in [2.75, 3.05) is 26.4 Å². The summed E-state index contributed by atoms with van der Waals surface area (Å²) >= 11 is 0. The first-order valence-electron chi connectivity index (χ1n) is 10.4. The lowest BCUT2D eigenvalue weighted by Gasteiger charge is -2.16. The third kappa shape index (κ3) is 8.15. The lowest BCUT2D eigenvalue weighted by atomic mass is 10.0. The second-order valence-corrected chi connectivity index (χ2v) is 6.63. The Morgan fingerprint density at radius 1 is 0.767 bits per heavy atom. The summed E-state index contributed by atoms with van der Waals surface area (Å²) in [5, 5.41) is 0. The van der Waals surface area contributed by atoms with Crippen molar-refractivity contribution >= 4 is 11.9 Å². The smallest absolute Gasteiger partial charge is 0.338 e. The second kappa shape index (κ2) is 13.2. The Labute approximate surface area is 178 Å². The Morgan fingerprint density at radius 3 is 2.07 bits per heavy atom. The van der Waals surface area contributed by atoms with Gasteiger partial charge in [0.25, 0.3) is 0 Å². The Balaban J connectivity index is 1.78. The monoisotopic (exact) mass is 414 g/mol. The molecule has 1 atom stereocenters. The zero-order valence-corrected chi connectivity index (χ0v) is 17.7. The van der Waals surface area contributed by atoms with Gasteiger partial charge in [0.15, 0.2) is 0 Å². The number of benzene rings is 2. The van der Waals surface area contributed by atoms with Crippen LogP contribution in [-0.2, 0) is 14.3 Å². The zero-order valence-electron chi connectivity index (χ0n) is 17.7. The van der Waals surface area contributed by atoms with Crippen LogP contribution in [0.4, 0.5) is 0 Å². The minimum absolute atomic E-state index is 0.210. The topological polar surface area (TPSA) is 71.1 Å². The normalized spacial score (nSPS) is 11.4. The molecule has 0 amide bonds. The summed E-state index contributed by atoms with van der Waals surface area (Å²) in [6, 6.07) is 16.4. The van der Waals surface area contributed by atoms with Gasteiger partial charge in [0.05, 0.1) is 37.9 Å². The van der Waals surface area contributed by atoms with E-state index in [2.05, 4.69) is 0 Å². The molecule has 0 aliphatic rings. The maximum atomic E-state index is 12.3. The fourth-order valence-corrected chi connectivity index (χ4v) is 2.90. The fourth-order valence-electron chi connectivity index (χ4n) is 2.90. The summed E-state index contributed by atoms with van der Waals surface area (Å²) in [4.78, 5) is 23.9. The van der Waals surface area contributed by atoms with Crippen molar-refractivity contribution in [2.24, 2.45) is 5.92 Å². The van der Waals surface area contributed by atoms with Gasteiger partial charge in [-0.15, -0.1) is 0 Å². The standard InChI is InChI=1S/C24H30O6/c1-3-27-23(25)19(9-8-17-29-21-10-6-5-7-11-21)16-18-30-22-14-12-20(13-15-22)24(26)28-4-2/h5-7,10-15,19H,3-4,8-9,16-18H2,1-2H3. The molecule has 162 valence electrons. The number of para-hydroxylation sites is 1. The first-order chi connectivity index (χ1) is 14.6. The molecule has 0 saturated heterocycles. The predicted molar refractivity (Wildman–Crippen MR) is 114 cm³/mol. The fraction of sp³-hybridized carbons (Fsp3) is 0.417. The molecule has 1 unspecified atom stereocenters. The molecule has 0 fully saturated rings. The van der Waals surface area contributed by atoms with Gasteiger partial charge in [0.1, 0.15) is 11.5 Å². The molecule has 30 heavy (non-hydrogen) atoms. The minimum Gasteiger partial charge on any atom is -0.494 e. The Hall–Kier alpha value is -3.02. The average molecular weight is 414 g/mol. The summed E-state index contributed by atoms with van der Waals surface area (Å²) in [5.41, 5.74) is 0.479. The van der Waals surface area contributed by atoms with Crippen molar-refractivity contribution in [1.29, 1.82) is 0 Å². The number of ether oxygens (including phenoxy) is 4. The van der Waals surface area contributed by atoms with E-state index in [1.807, 2.05) is 30.3 Å². The summed E-state index contributed by atoms with van der Waals surface area (Å²) in [5.74, 6) is 0.642. The third-order valence-corrected chi connectivity index (χ3v) is 4.43. The summed E-state index contributed by atoms with van der Waals surface area (Å²) in [6.45, 7) is 5.17. The molecule has 6 nitrogen and oxygen atoms in total. The molecule has 0 aliphatic heterocycles. The summed E-state index contributed by atoms with van der Waals surface area (Å²) < 4.78 is 21.6. The van der Waals surface area contributed by atoms with E-state index in [1.165, 1.54) is 0 Å². The van der Waals surface area contributed by atoms with Gasteiger partial charge < -0.3 is 18.9 Å². The highest BCUT2D eigenvalue weighted by molar-refractivity contribution is 5.89. The number of hydrogen-bond donors (Lipinski definition) is 0. The van der Waals surface area contributed by atoms with Crippen LogP contribution in [0.2, 0.25) is 0 Å². The van der Waals surface area contributed by atoms with E-state index in [4.69, 9.17) is 18.9 Å². The third-order valence-electron chi connectivity index (χ3n) is 4.43. The van der Waals surface area contributed by atoms with Gasteiger partial charge in [-0.05, 0) is 69.5 Å². The van der Waals surface area contributed by atoms with Crippen molar-refractivity contribution < 1.29 is 28.5 Å². The molecule has 0 saturated carbocycles. The number of carbonyl (C=O) groups excluding carboxylic acids is 2. The van der Waals surface area contributed by atoms with Crippen LogP contribution in [-0.4, -0.2) is 38.4 Å². The first kappa shape index (κ1) is 23.3. The molecule has 0 spiro atoms. The zero-order chi connectivity index (χ0) is 21.6. The summed E-state index contributed by atoms with van der Waals surface area (Å²) in [7, 11) is 0. The molecular weight excluding hydrogens is 384 g/mol. The quantitative estimate of drug-likeness (QED) is 0.350. The number of esters is 2. The number of rotatable bonds is 13.